The van der Waals surface area contributed by atoms with E-state index in [1.54, 1.807) is 42.5 Å². The van der Waals surface area contributed by atoms with E-state index < -0.39 is 0 Å². The molecule has 0 fully saturated rings. The number of nitrogens with zero attached hydrogens (tertiary/aromatic N) is 1. The fourth-order valence-corrected chi connectivity index (χ4v) is 2.69. The standard InChI is InChI=1S/C19H15ClN2O2/c1-13-6-2-3-7-15(13)19(23)16-10-9-14(12-17(16)20)21-18-8-4-5-11-22(18)24/h2-12,21H,1H3. The molecule has 1 aromatic heterocycles. The van der Waals surface area contributed by atoms with E-state index in [9.17, 15) is 10.0 Å². The van der Waals surface area contributed by atoms with Crippen LogP contribution < -0.4 is 10.0 Å². The molecule has 3 aromatic rings. The van der Waals surface area contributed by atoms with Gasteiger partial charge in [-0.15, -0.1) is 0 Å². The van der Waals surface area contributed by atoms with Crippen molar-refractivity contribution in [2.24, 2.45) is 0 Å². The number of hydrogen-bond donors (Lipinski definition) is 1. The highest BCUT2D eigenvalue weighted by atomic mass is 35.5. The number of benzene rings is 2. The highest BCUT2D eigenvalue weighted by Crippen LogP contribution is 2.25. The van der Waals surface area contributed by atoms with Gasteiger partial charge in [-0.05, 0) is 30.7 Å². The van der Waals surface area contributed by atoms with E-state index in [0.29, 0.717) is 27.7 Å². The zero-order chi connectivity index (χ0) is 17.1. The smallest absolute Gasteiger partial charge is 0.282 e. The highest BCUT2D eigenvalue weighted by Gasteiger charge is 2.16. The first-order chi connectivity index (χ1) is 11.6. The van der Waals surface area contributed by atoms with Crippen molar-refractivity contribution in [3.63, 3.8) is 0 Å². The Morgan fingerprint density at radius 3 is 2.50 bits per heavy atom. The molecule has 0 atom stereocenters. The van der Waals surface area contributed by atoms with Crippen LogP contribution in [0.4, 0.5) is 11.5 Å². The van der Waals surface area contributed by atoms with Crippen LogP contribution in [0.5, 0.6) is 0 Å². The van der Waals surface area contributed by atoms with Crippen molar-refractivity contribution in [1.82, 2.24) is 0 Å². The number of carbonyl (C=O) groups is 1. The molecule has 24 heavy (non-hydrogen) atoms. The fourth-order valence-electron chi connectivity index (χ4n) is 2.42. The third-order valence-electron chi connectivity index (χ3n) is 3.70. The van der Waals surface area contributed by atoms with Crippen molar-refractivity contribution < 1.29 is 9.52 Å². The first kappa shape index (κ1) is 16.0. The molecule has 0 bridgehead atoms. The Balaban J connectivity index is 1.89. The molecule has 120 valence electrons. The highest BCUT2D eigenvalue weighted by molar-refractivity contribution is 6.35. The second kappa shape index (κ2) is 6.72. The lowest BCUT2D eigenvalue weighted by Crippen LogP contribution is -2.28. The number of ketones is 1. The van der Waals surface area contributed by atoms with Crippen molar-refractivity contribution in [3.8, 4) is 0 Å². The van der Waals surface area contributed by atoms with Gasteiger partial charge in [0.25, 0.3) is 5.82 Å². The average molecular weight is 339 g/mol. The van der Waals surface area contributed by atoms with E-state index in [-0.39, 0.29) is 5.78 Å². The number of anilines is 2. The molecule has 2 aromatic carbocycles. The number of aryl methyl sites for hydroxylation is 1. The number of aromatic nitrogens is 1. The number of halogens is 1. The summed E-state index contributed by atoms with van der Waals surface area (Å²) in [5.74, 6) is 0.259. The third kappa shape index (κ3) is 3.24. The second-order valence-corrected chi connectivity index (χ2v) is 5.78. The van der Waals surface area contributed by atoms with Gasteiger partial charge in [0.2, 0.25) is 0 Å². The Kier molecular flexibility index (Phi) is 4.49. The number of nitrogens with one attached hydrogen (secondary N) is 1. The topological polar surface area (TPSA) is 56.0 Å². The first-order valence-electron chi connectivity index (χ1n) is 7.41. The van der Waals surface area contributed by atoms with Crippen LogP contribution in [0.25, 0.3) is 0 Å². The van der Waals surface area contributed by atoms with Gasteiger partial charge in [0.15, 0.2) is 5.78 Å². The maximum absolute atomic E-state index is 12.7. The molecule has 1 N–H and O–H groups in total. The maximum atomic E-state index is 12.7. The van der Waals surface area contributed by atoms with Gasteiger partial charge >= 0.3 is 0 Å². The maximum Gasteiger partial charge on any atom is 0.282 e. The van der Waals surface area contributed by atoms with Crippen LogP contribution in [0, 0.1) is 12.1 Å². The van der Waals surface area contributed by atoms with Gasteiger partial charge < -0.3 is 5.21 Å². The van der Waals surface area contributed by atoms with Gasteiger partial charge in [0, 0.05) is 23.3 Å². The Hall–Kier alpha value is -2.85. The van der Waals surface area contributed by atoms with Gasteiger partial charge in [-0.25, -0.2) is 10.0 Å². The SMILES string of the molecule is Cc1ccccc1C(=O)c1ccc(Nc2cccc[n+]2[O-])cc1Cl. The summed E-state index contributed by atoms with van der Waals surface area (Å²) in [4.78, 5) is 12.7. The second-order valence-electron chi connectivity index (χ2n) is 5.38. The average Bonchev–Trinajstić information content (AvgIpc) is 2.57. The van der Waals surface area contributed by atoms with Gasteiger partial charge in [-0.3, -0.25) is 4.79 Å². The van der Waals surface area contributed by atoms with Crippen molar-refractivity contribution in [2.45, 2.75) is 6.92 Å². The summed E-state index contributed by atoms with van der Waals surface area (Å²) in [7, 11) is 0. The van der Waals surface area contributed by atoms with E-state index in [1.165, 1.54) is 6.20 Å². The third-order valence-corrected chi connectivity index (χ3v) is 4.01. The zero-order valence-electron chi connectivity index (χ0n) is 13.0. The summed E-state index contributed by atoms with van der Waals surface area (Å²) < 4.78 is 0.723. The van der Waals surface area contributed by atoms with E-state index >= 15 is 0 Å². The van der Waals surface area contributed by atoms with Gasteiger partial charge in [0.1, 0.15) is 5.69 Å². The molecule has 0 aliphatic carbocycles. The molecule has 5 heteroatoms. The van der Waals surface area contributed by atoms with E-state index in [4.69, 9.17) is 11.6 Å². The monoisotopic (exact) mass is 338 g/mol. The van der Waals surface area contributed by atoms with Gasteiger partial charge in [-0.1, -0.05) is 41.9 Å². The molecule has 0 saturated heterocycles. The molecule has 4 nitrogen and oxygen atoms in total. The lowest BCUT2D eigenvalue weighted by Gasteiger charge is -2.10. The molecule has 3 rings (SSSR count). The van der Waals surface area contributed by atoms with Crippen LogP contribution in [0.3, 0.4) is 0 Å². The predicted molar refractivity (Wildman–Crippen MR) is 94.7 cm³/mol. The summed E-state index contributed by atoms with van der Waals surface area (Å²) in [6.07, 6.45) is 1.40. The minimum atomic E-state index is -0.122. The Morgan fingerprint density at radius 2 is 1.79 bits per heavy atom. The molecule has 0 aliphatic heterocycles. The molecule has 0 amide bonds. The normalized spacial score (nSPS) is 10.4. The Labute approximate surface area is 144 Å². The first-order valence-corrected chi connectivity index (χ1v) is 7.79. The Bertz CT molecular complexity index is 909. The van der Waals surface area contributed by atoms with Crippen molar-refractivity contribution in [3.05, 3.63) is 93.8 Å². The molecule has 0 spiro atoms. The summed E-state index contributed by atoms with van der Waals surface area (Å²) >= 11 is 6.29. The molecule has 0 saturated carbocycles. The molecule has 0 radical (unpaired) electrons. The van der Waals surface area contributed by atoms with E-state index in [0.717, 1.165) is 10.3 Å². The minimum absolute atomic E-state index is 0.122. The number of hydrogen-bond acceptors (Lipinski definition) is 3. The van der Waals surface area contributed by atoms with Crippen LogP contribution in [0.15, 0.2) is 66.9 Å². The van der Waals surface area contributed by atoms with E-state index in [1.807, 2.05) is 25.1 Å². The molecule has 1 heterocycles. The van der Waals surface area contributed by atoms with Crippen molar-refractivity contribution in [2.75, 3.05) is 5.32 Å². The predicted octanol–water partition coefficient (Wildman–Crippen LogP) is 4.26. The van der Waals surface area contributed by atoms with E-state index in [2.05, 4.69) is 5.32 Å². The quantitative estimate of drug-likeness (QED) is 0.439. The number of rotatable bonds is 4. The zero-order valence-corrected chi connectivity index (χ0v) is 13.7. The van der Waals surface area contributed by atoms with Crippen molar-refractivity contribution >= 4 is 28.9 Å². The van der Waals surface area contributed by atoms with Gasteiger partial charge in [-0.2, -0.15) is 0 Å². The van der Waals surface area contributed by atoms with Crippen LogP contribution in [0.1, 0.15) is 21.5 Å². The molecular weight excluding hydrogens is 324 g/mol. The van der Waals surface area contributed by atoms with Crippen LogP contribution in [0.2, 0.25) is 5.02 Å². The van der Waals surface area contributed by atoms with Crippen LogP contribution >= 0.6 is 11.6 Å². The summed E-state index contributed by atoms with van der Waals surface area (Å²) in [5.41, 5.74) is 2.59. The molecular formula is C19H15ClN2O2. The summed E-state index contributed by atoms with van der Waals surface area (Å²) in [6.45, 7) is 1.89. The molecule has 0 aliphatic rings. The molecule has 0 unspecified atom stereocenters. The lowest BCUT2D eigenvalue weighted by atomic mass is 9.99. The van der Waals surface area contributed by atoms with Crippen molar-refractivity contribution in [1.29, 1.82) is 0 Å². The number of carbonyl (C=O) groups excluding carboxylic acids is 1. The van der Waals surface area contributed by atoms with Crippen LogP contribution in [-0.4, -0.2) is 5.78 Å². The lowest BCUT2D eigenvalue weighted by molar-refractivity contribution is -0.590. The van der Waals surface area contributed by atoms with Gasteiger partial charge in [0.05, 0.1) is 11.2 Å². The largest absolute Gasteiger partial charge is 0.711 e. The minimum Gasteiger partial charge on any atom is -0.711 e. The number of pyridine rings is 1. The Morgan fingerprint density at radius 1 is 1.04 bits per heavy atom. The van der Waals surface area contributed by atoms with Crippen LogP contribution in [-0.2, 0) is 0 Å². The summed E-state index contributed by atoms with van der Waals surface area (Å²) in [6, 6.07) is 17.5. The summed E-state index contributed by atoms with van der Waals surface area (Å²) in [5, 5.41) is 15.0. The fraction of sp³-hybridized carbons (Fsp3) is 0.0526.